The highest BCUT2D eigenvalue weighted by Crippen LogP contribution is 2.37. The predicted octanol–water partition coefficient (Wildman–Crippen LogP) is 12.1. The van der Waals surface area contributed by atoms with Crippen molar-refractivity contribution in [2.45, 2.75) is 0 Å². The summed E-state index contributed by atoms with van der Waals surface area (Å²) >= 11 is 0. The lowest BCUT2D eigenvalue weighted by Crippen LogP contribution is -2.01. The van der Waals surface area contributed by atoms with Gasteiger partial charge in [0.1, 0.15) is 5.58 Å². The van der Waals surface area contributed by atoms with Gasteiger partial charge in [-0.25, -0.2) is 15.0 Å². The molecule has 0 spiro atoms. The van der Waals surface area contributed by atoms with Gasteiger partial charge in [0.2, 0.25) is 0 Å². The molecule has 4 heterocycles. The number of furan rings is 1. The minimum atomic E-state index is 0.538. The third kappa shape index (κ3) is 4.89. The number of rotatable bonds is 5. The van der Waals surface area contributed by atoms with E-state index >= 15 is 0 Å². The second-order valence-electron chi connectivity index (χ2n) is 13.5. The molecule has 0 aliphatic rings. The molecule has 4 aromatic heterocycles. The lowest BCUT2D eigenvalue weighted by molar-refractivity contribution is 0.667. The van der Waals surface area contributed by atoms with Crippen molar-refractivity contribution in [1.82, 2.24) is 24.5 Å². The Kier molecular flexibility index (Phi) is 6.75. The zero-order valence-corrected chi connectivity index (χ0v) is 28.9. The van der Waals surface area contributed by atoms with Gasteiger partial charge < -0.3 is 8.98 Å². The van der Waals surface area contributed by atoms with Gasteiger partial charge in [0.15, 0.2) is 23.1 Å². The summed E-state index contributed by atoms with van der Waals surface area (Å²) in [4.78, 5) is 19.8. The van der Waals surface area contributed by atoms with Crippen molar-refractivity contribution in [2.75, 3.05) is 0 Å². The second kappa shape index (κ2) is 12.1. The molecule has 6 heteroatoms. The van der Waals surface area contributed by atoms with Crippen molar-refractivity contribution in [2.24, 2.45) is 0 Å². The summed E-state index contributed by atoms with van der Waals surface area (Å²) in [5.74, 6) is 1.71. The molecule has 0 amide bonds. The third-order valence-electron chi connectivity index (χ3n) is 10.3. The summed E-state index contributed by atoms with van der Waals surface area (Å²) < 4.78 is 8.54. The van der Waals surface area contributed by atoms with Gasteiger partial charge in [-0.15, -0.1) is 0 Å². The van der Waals surface area contributed by atoms with Crippen LogP contribution in [0.25, 0.3) is 105 Å². The largest absolute Gasteiger partial charge is 0.454 e. The molecule has 0 radical (unpaired) electrons. The lowest BCUT2D eigenvalue weighted by atomic mass is 10.0. The number of nitrogens with zero attached hydrogens (tertiary/aromatic N) is 5. The number of para-hydroxylation sites is 3. The molecule has 0 aliphatic heterocycles. The Morgan fingerprint density at radius 2 is 1.04 bits per heavy atom. The minimum Gasteiger partial charge on any atom is -0.454 e. The van der Waals surface area contributed by atoms with Crippen LogP contribution in [-0.2, 0) is 0 Å². The van der Waals surface area contributed by atoms with Crippen molar-refractivity contribution in [1.29, 1.82) is 0 Å². The molecule has 0 atom stereocenters. The molecule has 54 heavy (non-hydrogen) atoms. The highest BCUT2D eigenvalue weighted by atomic mass is 16.3. The second-order valence-corrected chi connectivity index (χ2v) is 13.5. The smallest absolute Gasteiger partial charge is 0.166 e. The Morgan fingerprint density at radius 3 is 1.83 bits per heavy atom. The molecule has 6 nitrogen and oxygen atoms in total. The average molecular weight is 692 g/mol. The molecule has 252 valence electrons. The van der Waals surface area contributed by atoms with Gasteiger partial charge in [0.05, 0.1) is 17.2 Å². The summed E-state index contributed by atoms with van der Waals surface area (Å²) in [6.45, 7) is 0. The minimum absolute atomic E-state index is 0.538. The molecule has 0 N–H and O–H groups in total. The molecule has 11 rings (SSSR count). The van der Waals surface area contributed by atoms with Crippen LogP contribution < -0.4 is 0 Å². The molecule has 0 saturated heterocycles. The standard InChI is InChI=1S/C48H29N5O/c1-2-11-33-26-35(25-22-30(33)10-1)47-50-46(51-48(52-47)40-28-49-29-44-45(40)39-16-5-8-19-43(39)54-44)32-23-20-31(21-24-32)34-12-9-13-36(27-34)53-41-17-6-3-14-37(41)38-15-4-7-18-42(38)53/h1-29H. The fraction of sp³-hybridized carbons (Fsp3) is 0. The van der Waals surface area contributed by atoms with Gasteiger partial charge >= 0.3 is 0 Å². The van der Waals surface area contributed by atoms with E-state index in [1.54, 1.807) is 6.20 Å². The van der Waals surface area contributed by atoms with Gasteiger partial charge in [0.25, 0.3) is 0 Å². The van der Waals surface area contributed by atoms with Gasteiger partial charge in [-0.2, -0.15) is 0 Å². The molecule has 7 aromatic carbocycles. The summed E-state index contributed by atoms with van der Waals surface area (Å²) in [6, 6.07) is 57.1. The number of hydrogen-bond donors (Lipinski definition) is 0. The van der Waals surface area contributed by atoms with Crippen LogP contribution >= 0.6 is 0 Å². The Balaban J connectivity index is 1.04. The summed E-state index contributed by atoms with van der Waals surface area (Å²) in [5.41, 5.74) is 9.80. The third-order valence-corrected chi connectivity index (χ3v) is 10.3. The number of aromatic nitrogens is 5. The van der Waals surface area contributed by atoms with Crippen LogP contribution in [-0.4, -0.2) is 24.5 Å². The van der Waals surface area contributed by atoms with Gasteiger partial charge in [-0.3, -0.25) is 4.98 Å². The van der Waals surface area contributed by atoms with Crippen LogP contribution in [0.3, 0.4) is 0 Å². The maximum absolute atomic E-state index is 6.19. The average Bonchev–Trinajstić information content (AvgIpc) is 3.80. The number of pyridine rings is 1. The Hall–Kier alpha value is -7.44. The normalized spacial score (nSPS) is 11.7. The van der Waals surface area contributed by atoms with E-state index in [0.29, 0.717) is 23.1 Å². The fourth-order valence-electron chi connectivity index (χ4n) is 7.77. The van der Waals surface area contributed by atoms with Crippen molar-refractivity contribution in [3.05, 3.63) is 176 Å². The van der Waals surface area contributed by atoms with Crippen LogP contribution in [0.4, 0.5) is 0 Å². The van der Waals surface area contributed by atoms with E-state index in [4.69, 9.17) is 19.4 Å². The van der Waals surface area contributed by atoms with Crippen LogP contribution in [0.2, 0.25) is 0 Å². The van der Waals surface area contributed by atoms with E-state index < -0.39 is 0 Å². The highest BCUT2D eigenvalue weighted by molar-refractivity contribution is 6.11. The molecule has 0 saturated carbocycles. The van der Waals surface area contributed by atoms with E-state index in [1.165, 1.54) is 21.8 Å². The van der Waals surface area contributed by atoms with Gasteiger partial charge in [0, 0.05) is 50.1 Å². The summed E-state index contributed by atoms with van der Waals surface area (Å²) in [6.07, 6.45) is 3.57. The molecule has 0 bridgehead atoms. The molecule has 0 aliphatic carbocycles. The zero-order chi connectivity index (χ0) is 35.6. The first-order valence-corrected chi connectivity index (χ1v) is 18.0. The maximum Gasteiger partial charge on any atom is 0.166 e. The number of fused-ring (bicyclic) bond motifs is 7. The fourth-order valence-corrected chi connectivity index (χ4v) is 7.77. The number of benzene rings is 7. The van der Waals surface area contributed by atoms with Crippen molar-refractivity contribution >= 4 is 54.5 Å². The lowest BCUT2D eigenvalue weighted by Gasteiger charge is -2.11. The van der Waals surface area contributed by atoms with E-state index in [0.717, 1.165) is 60.6 Å². The predicted molar refractivity (Wildman–Crippen MR) is 218 cm³/mol. The summed E-state index contributed by atoms with van der Waals surface area (Å²) in [7, 11) is 0. The van der Waals surface area contributed by atoms with Crippen LogP contribution in [0.15, 0.2) is 181 Å². The van der Waals surface area contributed by atoms with Crippen LogP contribution in [0.5, 0.6) is 0 Å². The molecular formula is C48H29N5O. The summed E-state index contributed by atoms with van der Waals surface area (Å²) in [5, 5.41) is 6.70. The topological polar surface area (TPSA) is 69.6 Å². The molecular weight excluding hydrogens is 663 g/mol. The van der Waals surface area contributed by atoms with Crippen molar-refractivity contribution in [3.8, 4) is 51.0 Å². The monoisotopic (exact) mass is 691 g/mol. The van der Waals surface area contributed by atoms with Crippen LogP contribution in [0, 0.1) is 0 Å². The molecule has 0 unspecified atom stereocenters. The van der Waals surface area contributed by atoms with Crippen LogP contribution in [0.1, 0.15) is 0 Å². The van der Waals surface area contributed by atoms with E-state index in [-0.39, 0.29) is 0 Å². The quantitative estimate of drug-likeness (QED) is 0.180. The first-order valence-electron chi connectivity index (χ1n) is 18.0. The van der Waals surface area contributed by atoms with Gasteiger partial charge in [-0.05, 0) is 58.3 Å². The van der Waals surface area contributed by atoms with E-state index in [9.17, 15) is 0 Å². The molecule has 11 aromatic rings. The Labute approximate surface area is 309 Å². The van der Waals surface area contributed by atoms with E-state index in [2.05, 4.69) is 143 Å². The first-order chi connectivity index (χ1) is 26.7. The van der Waals surface area contributed by atoms with Crippen molar-refractivity contribution in [3.63, 3.8) is 0 Å². The number of hydrogen-bond acceptors (Lipinski definition) is 5. The van der Waals surface area contributed by atoms with Gasteiger partial charge in [-0.1, -0.05) is 127 Å². The maximum atomic E-state index is 6.19. The van der Waals surface area contributed by atoms with Crippen molar-refractivity contribution < 1.29 is 4.42 Å². The molecule has 0 fully saturated rings. The Morgan fingerprint density at radius 1 is 0.407 bits per heavy atom. The van der Waals surface area contributed by atoms with E-state index in [1.807, 2.05) is 36.5 Å². The highest BCUT2D eigenvalue weighted by Gasteiger charge is 2.19. The SMILES string of the molecule is c1cc(-c2ccc(-c3nc(-c4ccc5ccccc5c4)nc(-c4cncc5oc6ccccc6c45)n3)cc2)cc(-n2c3ccccc3c3ccccc32)c1. The first kappa shape index (κ1) is 30.2. The zero-order valence-electron chi connectivity index (χ0n) is 28.9. The Bertz CT molecular complexity index is 3180.